The number of primary amides is 1. The quantitative estimate of drug-likeness (QED) is 0.612. The van der Waals surface area contributed by atoms with Crippen molar-refractivity contribution in [1.29, 1.82) is 0 Å². The van der Waals surface area contributed by atoms with E-state index < -0.39 is 11.8 Å². The summed E-state index contributed by atoms with van der Waals surface area (Å²) in [7, 11) is 1.55. The number of aromatic nitrogens is 2. The van der Waals surface area contributed by atoms with Crippen molar-refractivity contribution >= 4 is 40.7 Å². The topological polar surface area (TPSA) is 121 Å². The first-order valence-electron chi connectivity index (χ1n) is 8.15. The van der Waals surface area contributed by atoms with Crippen LogP contribution < -0.4 is 16.0 Å². The number of nitrogens with one attached hydrogen (secondary N) is 2. The minimum atomic E-state index is -0.796. The summed E-state index contributed by atoms with van der Waals surface area (Å²) in [6.45, 7) is 0. The molecule has 0 saturated heterocycles. The lowest BCUT2D eigenvalue weighted by Crippen LogP contribution is -2.29. The van der Waals surface area contributed by atoms with Crippen LogP contribution in [-0.4, -0.2) is 34.7 Å². The van der Waals surface area contributed by atoms with Crippen LogP contribution in [0.3, 0.4) is 0 Å². The number of hydrogen-bond donors (Lipinski definition) is 3. The van der Waals surface area contributed by atoms with Gasteiger partial charge in [-0.05, 0) is 36.4 Å². The Morgan fingerprint density at radius 1 is 1.11 bits per heavy atom. The van der Waals surface area contributed by atoms with Crippen LogP contribution in [0.5, 0.6) is 0 Å². The number of nitrogens with two attached hydrogens (primary N) is 1. The van der Waals surface area contributed by atoms with Crippen LogP contribution in [0.25, 0.3) is 0 Å². The smallest absolute Gasteiger partial charge is 0.276 e. The van der Waals surface area contributed by atoms with Crippen molar-refractivity contribution < 1.29 is 14.4 Å². The van der Waals surface area contributed by atoms with Gasteiger partial charge in [-0.3, -0.25) is 14.4 Å². The molecule has 4 N–H and O–H groups in total. The molecule has 0 aliphatic heterocycles. The van der Waals surface area contributed by atoms with E-state index >= 15 is 0 Å². The van der Waals surface area contributed by atoms with E-state index in [9.17, 15) is 14.4 Å². The molecule has 28 heavy (non-hydrogen) atoms. The highest BCUT2D eigenvalue weighted by atomic mass is 35.5. The fraction of sp³-hybridized carbons (Fsp3) is 0.0526. The first-order valence-corrected chi connectivity index (χ1v) is 8.53. The summed E-state index contributed by atoms with van der Waals surface area (Å²) >= 11 is 6.02. The molecular formula is C19H16ClN5O3. The molecule has 0 fully saturated rings. The molecular weight excluding hydrogens is 382 g/mol. The second-order valence-corrected chi connectivity index (χ2v) is 6.24. The van der Waals surface area contributed by atoms with Crippen molar-refractivity contribution in [1.82, 2.24) is 9.97 Å². The second kappa shape index (κ2) is 7.93. The van der Waals surface area contributed by atoms with Crippen LogP contribution in [0.2, 0.25) is 5.02 Å². The number of carbonyl (C=O) groups excluding carboxylic acids is 3. The lowest BCUT2D eigenvalue weighted by atomic mass is 10.2. The van der Waals surface area contributed by atoms with Crippen LogP contribution in [0, 0.1) is 0 Å². The minimum Gasteiger partial charge on any atom is -0.364 e. The molecule has 1 heterocycles. The molecule has 3 rings (SSSR count). The van der Waals surface area contributed by atoms with E-state index in [1.807, 2.05) is 0 Å². The van der Waals surface area contributed by atoms with Gasteiger partial charge in [0.1, 0.15) is 5.69 Å². The lowest BCUT2D eigenvalue weighted by Gasteiger charge is -2.17. The summed E-state index contributed by atoms with van der Waals surface area (Å²) in [6.07, 6.45) is 1.23. The number of rotatable bonds is 5. The summed E-state index contributed by atoms with van der Waals surface area (Å²) in [5.41, 5.74) is 6.54. The molecule has 0 radical (unpaired) electrons. The Balaban J connectivity index is 1.74. The first kappa shape index (κ1) is 19.1. The average Bonchev–Trinajstić information content (AvgIpc) is 3.18. The maximum Gasteiger partial charge on any atom is 0.276 e. The Bertz CT molecular complexity index is 1050. The van der Waals surface area contributed by atoms with Crippen LogP contribution in [0.4, 0.5) is 11.4 Å². The lowest BCUT2D eigenvalue weighted by molar-refractivity contribution is 0.0958. The zero-order valence-electron chi connectivity index (χ0n) is 14.8. The van der Waals surface area contributed by atoms with Gasteiger partial charge in [-0.2, -0.15) is 0 Å². The maximum atomic E-state index is 12.6. The fourth-order valence-electron chi connectivity index (χ4n) is 2.54. The number of H-pyrrole nitrogens is 1. The SMILES string of the molecule is CN(C(=O)c1[nH]cnc1C(N)=O)c1ccc(NC(=O)c2ccccc2Cl)cc1. The molecule has 9 heteroatoms. The molecule has 0 saturated carbocycles. The van der Waals surface area contributed by atoms with Gasteiger partial charge in [0.25, 0.3) is 17.7 Å². The molecule has 3 amide bonds. The van der Waals surface area contributed by atoms with Gasteiger partial charge in [-0.15, -0.1) is 0 Å². The molecule has 0 aliphatic rings. The van der Waals surface area contributed by atoms with Crippen LogP contribution in [0.1, 0.15) is 31.3 Å². The highest BCUT2D eigenvalue weighted by molar-refractivity contribution is 6.34. The number of nitrogens with zero attached hydrogens (tertiary/aromatic N) is 2. The number of anilines is 2. The van der Waals surface area contributed by atoms with Crippen molar-refractivity contribution in [2.45, 2.75) is 0 Å². The van der Waals surface area contributed by atoms with Crippen molar-refractivity contribution in [3.63, 3.8) is 0 Å². The Morgan fingerprint density at radius 3 is 2.43 bits per heavy atom. The average molecular weight is 398 g/mol. The largest absolute Gasteiger partial charge is 0.364 e. The summed E-state index contributed by atoms with van der Waals surface area (Å²) in [4.78, 5) is 44.0. The molecule has 1 aromatic heterocycles. The fourth-order valence-corrected chi connectivity index (χ4v) is 2.76. The van der Waals surface area contributed by atoms with Gasteiger partial charge >= 0.3 is 0 Å². The van der Waals surface area contributed by atoms with E-state index in [1.165, 1.54) is 11.2 Å². The van der Waals surface area contributed by atoms with Crippen molar-refractivity contribution in [2.24, 2.45) is 5.73 Å². The standard InChI is InChI=1S/C19H16ClN5O3/c1-25(19(28)16-15(17(21)26)22-10-23-16)12-8-6-11(7-9-12)24-18(27)13-4-2-3-5-14(13)20/h2-10H,1H3,(H2,21,26)(H,22,23)(H,24,27). The number of benzene rings is 2. The summed E-state index contributed by atoms with van der Waals surface area (Å²) in [5.74, 6) is -1.61. The van der Waals surface area contributed by atoms with E-state index in [0.29, 0.717) is 22.0 Å². The van der Waals surface area contributed by atoms with Crippen LogP contribution in [0.15, 0.2) is 54.9 Å². The Morgan fingerprint density at radius 2 is 1.79 bits per heavy atom. The molecule has 0 atom stereocenters. The van der Waals surface area contributed by atoms with Gasteiger partial charge in [0.05, 0.1) is 16.9 Å². The molecule has 142 valence electrons. The predicted molar refractivity (Wildman–Crippen MR) is 106 cm³/mol. The third kappa shape index (κ3) is 3.86. The predicted octanol–water partition coefficient (Wildman–Crippen LogP) is 2.69. The number of carbonyl (C=O) groups is 3. The molecule has 0 bridgehead atoms. The van der Waals surface area contributed by atoms with Gasteiger partial charge < -0.3 is 20.9 Å². The highest BCUT2D eigenvalue weighted by Crippen LogP contribution is 2.21. The van der Waals surface area contributed by atoms with Crippen molar-refractivity contribution in [2.75, 3.05) is 17.3 Å². The van der Waals surface area contributed by atoms with Crippen molar-refractivity contribution in [3.8, 4) is 0 Å². The zero-order valence-corrected chi connectivity index (χ0v) is 15.5. The Hall–Kier alpha value is -3.65. The van der Waals surface area contributed by atoms with E-state index in [0.717, 1.165) is 0 Å². The third-order valence-electron chi connectivity index (χ3n) is 4.02. The zero-order chi connectivity index (χ0) is 20.3. The number of hydrogen-bond acceptors (Lipinski definition) is 4. The normalized spacial score (nSPS) is 10.4. The summed E-state index contributed by atoms with van der Waals surface area (Å²) in [5, 5.41) is 3.10. The van der Waals surface area contributed by atoms with Gasteiger partial charge in [-0.1, -0.05) is 23.7 Å². The van der Waals surface area contributed by atoms with Crippen LogP contribution >= 0.6 is 11.6 Å². The summed E-state index contributed by atoms with van der Waals surface area (Å²) in [6, 6.07) is 13.3. The number of amides is 3. The maximum absolute atomic E-state index is 12.6. The Kier molecular flexibility index (Phi) is 5.42. The number of imidazole rings is 1. The molecule has 8 nitrogen and oxygen atoms in total. The molecule has 2 aromatic carbocycles. The molecule has 0 aliphatic carbocycles. The third-order valence-corrected chi connectivity index (χ3v) is 4.35. The number of aromatic amines is 1. The van der Waals surface area contributed by atoms with Gasteiger partial charge in [0.15, 0.2) is 5.69 Å². The van der Waals surface area contributed by atoms with Gasteiger partial charge in [0.2, 0.25) is 0 Å². The summed E-state index contributed by atoms with van der Waals surface area (Å²) < 4.78 is 0. The van der Waals surface area contributed by atoms with E-state index in [4.69, 9.17) is 17.3 Å². The van der Waals surface area contributed by atoms with E-state index in [-0.39, 0.29) is 17.3 Å². The van der Waals surface area contributed by atoms with E-state index in [1.54, 1.807) is 55.6 Å². The van der Waals surface area contributed by atoms with Crippen LogP contribution in [-0.2, 0) is 0 Å². The molecule has 0 spiro atoms. The first-order chi connectivity index (χ1) is 13.4. The van der Waals surface area contributed by atoms with E-state index in [2.05, 4.69) is 15.3 Å². The highest BCUT2D eigenvalue weighted by Gasteiger charge is 2.22. The van der Waals surface area contributed by atoms with Gasteiger partial charge in [0, 0.05) is 18.4 Å². The molecule has 3 aromatic rings. The Labute approximate surface area is 165 Å². The second-order valence-electron chi connectivity index (χ2n) is 5.84. The molecule has 0 unspecified atom stereocenters. The minimum absolute atomic E-state index is 0.00565. The monoisotopic (exact) mass is 397 g/mol. The van der Waals surface area contributed by atoms with Crippen molar-refractivity contribution in [3.05, 3.63) is 76.8 Å². The number of halogens is 1. The van der Waals surface area contributed by atoms with Gasteiger partial charge in [-0.25, -0.2) is 4.98 Å².